The highest BCUT2D eigenvalue weighted by atomic mass is 16.5. The van der Waals surface area contributed by atoms with Gasteiger partial charge in [-0.15, -0.1) is 0 Å². The molecule has 0 unspecified atom stereocenters. The highest BCUT2D eigenvalue weighted by molar-refractivity contribution is 6.15. The van der Waals surface area contributed by atoms with E-state index < -0.39 is 0 Å². The Labute approximate surface area is 226 Å². The molecule has 0 saturated heterocycles. The van der Waals surface area contributed by atoms with E-state index in [0.717, 1.165) is 29.9 Å². The molecule has 3 rings (SSSR count). The van der Waals surface area contributed by atoms with Crippen LogP contribution >= 0.6 is 0 Å². The van der Waals surface area contributed by atoms with Crippen LogP contribution in [0.15, 0.2) is 65.6 Å². The Hall–Kier alpha value is -3.81. The minimum atomic E-state index is -0.223. The zero-order chi connectivity index (χ0) is 27.8. The van der Waals surface area contributed by atoms with Crippen LogP contribution < -0.4 is 21.1 Å². The zero-order valence-corrected chi connectivity index (χ0v) is 23.3. The molecule has 1 amide bonds. The first-order valence-corrected chi connectivity index (χ1v) is 13.3. The van der Waals surface area contributed by atoms with Crippen molar-refractivity contribution >= 4 is 28.7 Å². The van der Waals surface area contributed by atoms with Gasteiger partial charge in [0.2, 0.25) is 0 Å². The maximum absolute atomic E-state index is 12.2. The second kappa shape index (κ2) is 13.1. The number of nitrogens with two attached hydrogens (primary N) is 1. The Balaban J connectivity index is 1.97. The molecule has 0 aromatic heterocycles. The molecule has 0 radical (unpaired) electrons. The molecule has 38 heavy (non-hydrogen) atoms. The predicted molar refractivity (Wildman–Crippen MR) is 157 cm³/mol. The number of methoxy groups -OCH3 is 1. The lowest BCUT2D eigenvalue weighted by Crippen LogP contribution is -2.39. The van der Waals surface area contributed by atoms with Gasteiger partial charge in [-0.05, 0) is 44.6 Å². The van der Waals surface area contributed by atoms with Gasteiger partial charge in [-0.2, -0.15) is 4.99 Å². The molecule has 5 N–H and O–H groups in total. The van der Waals surface area contributed by atoms with Gasteiger partial charge in [-0.1, -0.05) is 44.2 Å². The molecule has 0 bridgehead atoms. The number of allylic oxidation sites excluding steroid dienone is 3. The third-order valence-electron chi connectivity index (χ3n) is 7.18. The normalized spacial score (nSPS) is 20.1. The SMILES string of the molecule is C=C(NC)C(=N)/C(=C\C(N)=NC(=O)C1CC1)Nc1cccc(C(/C=C\C)=C/N(C)C2CC(CC)C2)c1OC. The minimum Gasteiger partial charge on any atom is -0.494 e. The number of nitrogens with zero attached hydrogens (tertiary/aromatic N) is 2. The number of para-hydroxylation sites is 1. The zero-order valence-electron chi connectivity index (χ0n) is 23.3. The number of hydrogen-bond donors (Lipinski definition) is 4. The summed E-state index contributed by atoms with van der Waals surface area (Å²) in [5.74, 6) is 1.22. The van der Waals surface area contributed by atoms with Crippen LogP contribution in [0.2, 0.25) is 0 Å². The summed E-state index contributed by atoms with van der Waals surface area (Å²) in [5.41, 5.74) is 9.51. The van der Waals surface area contributed by atoms with Gasteiger partial charge < -0.3 is 26.0 Å². The Bertz CT molecular complexity index is 1170. The number of ether oxygens (including phenoxy) is 1. The predicted octanol–water partition coefficient (Wildman–Crippen LogP) is 5.08. The van der Waals surface area contributed by atoms with Crippen LogP contribution in [0.4, 0.5) is 5.69 Å². The van der Waals surface area contributed by atoms with Crippen LogP contribution in [-0.4, -0.2) is 49.6 Å². The van der Waals surface area contributed by atoms with Crippen molar-refractivity contribution in [2.75, 3.05) is 26.5 Å². The minimum absolute atomic E-state index is 0.0372. The van der Waals surface area contributed by atoms with E-state index in [1.54, 1.807) is 14.2 Å². The maximum Gasteiger partial charge on any atom is 0.250 e. The summed E-state index contributed by atoms with van der Waals surface area (Å²) in [5, 5.41) is 14.8. The van der Waals surface area contributed by atoms with Gasteiger partial charge >= 0.3 is 0 Å². The fourth-order valence-corrected chi connectivity index (χ4v) is 4.49. The highest BCUT2D eigenvalue weighted by Crippen LogP contribution is 2.38. The van der Waals surface area contributed by atoms with Crippen molar-refractivity contribution in [2.45, 2.75) is 52.0 Å². The number of anilines is 1. The monoisotopic (exact) mass is 518 g/mol. The van der Waals surface area contributed by atoms with Gasteiger partial charge in [0.1, 0.15) is 17.3 Å². The molecule has 0 spiro atoms. The molecule has 0 aliphatic heterocycles. The van der Waals surface area contributed by atoms with Crippen LogP contribution in [0.1, 0.15) is 51.5 Å². The lowest BCUT2D eigenvalue weighted by molar-refractivity contribution is -0.118. The fourth-order valence-electron chi connectivity index (χ4n) is 4.49. The molecular formula is C30H42N6O2. The van der Waals surface area contributed by atoms with E-state index >= 15 is 0 Å². The molecule has 2 fully saturated rings. The maximum atomic E-state index is 12.2. The number of amidine groups is 1. The fraction of sp³-hybridized carbons (Fsp3) is 0.433. The number of benzene rings is 1. The summed E-state index contributed by atoms with van der Waals surface area (Å²) in [7, 11) is 5.45. The number of rotatable bonds is 13. The Morgan fingerprint density at radius 2 is 2.05 bits per heavy atom. The van der Waals surface area contributed by atoms with E-state index in [0.29, 0.717) is 28.9 Å². The topological polar surface area (TPSA) is 116 Å². The summed E-state index contributed by atoms with van der Waals surface area (Å²) >= 11 is 0. The first-order valence-electron chi connectivity index (χ1n) is 13.3. The molecular weight excluding hydrogens is 476 g/mol. The summed E-state index contributed by atoms with van der Waals surface area (Å²) in [6.07, 6.45) is 13.1. The van der Waals surface area contributed by atoms with Gasteiger partial charge in [0.25, 0.3) is 5.91 Å². The molecule has 2 aliphatic rings. The average Bonchev–Trinajstić information content (AvgIpc) is 3.72. The molecule has 0 heterocycles. The molecule has 0 atom stereocenters. The van der Waals surface area contributed by atoms with Crippen molar-refractivity contribution in [3.63, 3.8) is 0 Å². The molecule has 8 nitrogen and oxygen atoms in total. The number of aliphatic imine (C=N–C) groups is 1. The molecule has 1 aromatic rings. The molecule has 2 saturated carbocycles. The summed E-state index contributed by atoms with van der Waals surface area (Å²) < 4.78 is 5.89. The number of amides is 1. The first kappa shape index (κ1) is 28.8. The van der Waals surface area contributed by atoms with Crippen molar-refractivity contribution < 1.29 is 9.53 Å². The van der Waals surface area contributed by atoms with Gasteiger partial charge in [0.05, 0.1) is 24.2 Å². The number of nitrogens with one attached hydrogen (secondary N) is 3. The third kappa shape index (κ3) is 7.15. The van der Waals surface area contributed by atoms with Crippen LogP contribution in [0.3, 0.4) is 0 Å². The molecule has 8 heteroatoms. The van der Waals surface area contributed by atoms with Crippen LogP contribution in [0, 0.1) is 17.2 Å². The number of carbonyl (C=O) groups is 1. The van der Waals surface area contributed by atoms with Crippen molar-refractivity contribution in [2.24, 2.45) is 22.6 Å². The summed E-state index contributed by atoms with van der Waals surface area (Å²) in [6.45, 7) is 8.16. The smallest absolute Gasteiger partial charge is 0.250 e. The lowest BCUT2D eigenvalue weighted by atomic mass is 9.78. The van der Waals surface area contributed by atoms with Gasteiger partial charge in [-0.25, -0.2) is 0 Å². The first-order chi connectivity index (χ1) is 18.2. The second-order valence-electron chi connectivity index (χ2n) is 9.97. The van der Waals surface area contributed by atoms with E-state index in [2.05, 4.69) is 53.4 Å². The number of hydrogen-bond acceptors (Lipinski definition) is 6. The quantitative estimate of drug-likeness (QED) is 0.165. The van der Waals surface area contributed by atoms with Crippen molar-refractivity contribution in [3.8, 4) is 5.75 Å². The van der Waals surface area contributed by atoms with E-state index in [1.807, 2.05) is 31.2 Å². The standard InChI is InChI=1S/C30H42N6O2/c1-7-10-22(18-36(5)23-15-20(8-2)16-23)24-11-9-12-25(29(24)38-6)34-26(28(32)19(3)33-4)17-27(31)35-30(37)21-13-14-21/h7,9-12,17-18,20-21,23,32-34H,3,8,13-16H2,1-2,4-6H3,(H2,31,35,37)/b10-7-,22-18+,26-17+,32-28?. The van der Waals surface area contributed by atoms with Crippen LogP contribution in [-0.2, 0) is 4.79 Å². The van der Waals surface area contributed by atoms with E-state index in [1.165, 1.54) is 25.3 Å². The van der Waals surface area contributed by atoms with Gasteiger partial charge in [0, 0.05) is 49.5 Å². The van der Waals surface area contributed by atoms with Crippen LogP contribution in [0.25, 0.3) is 5.57 Å². The Kier molecular flexibility index (Phi) is 9.93. The second-order valence-corrected chi connectivity index (χ2v) is 9.97. The van der Waals surface area contributed by atoms with Crippen molar-refractivity contribution in [1.29, 1.82) is 5.41 Å². The van der Waals surface area contributed by atoms with E-state index in [4.69, 9.17) is 15.9 Å². The van der Waals surface area contributed by atoms with E-state index in [9.17, 15) is 4.79 Å². The molecule has 204 valence electrons. The molecule has 2 aliphatic carbocycles. The third-order valence-corrected chi connectivity index (χ3v) is 7.18. The van der Waals surface area contributed by atoms with Gasteiger partial charge in [0.15, 0.2) is 0 Å². The highest BCUT2D eigenvalue weighted by Gasteiger charge is 2.30. The van der Waals surface area contributed by atoms with Crippen LogP contribution in [0.5, 0.6) is 5.75 Å². The van der Waals surface area contributed by atoms with Gasteiger partial charge in [-0.3, -0.25) is 10.2 Å². The van der Waals surface area contributed by atoms with E-state index in [-0.39, 0.29) is 23.4 Å². The number of carbonyl (C=O) groups excluding carboxylic acids is 1. The summed E-state index contributed by atoms with van der Waals surface area (Å²) in [4.78, 5) is 18.5. The largest absolute Gasteiger partial charge is 0.494 e. The summed E-state index contributed by atoms with van der Waals surface area (Å²) in [6, 6.07) is 6.37. The lowest BCUT2D eigenvalue weighted by Gasteiger charge is -2.41. The average molecular weight is 519 g/mol. The Morgan fingerprint density at radius 3 is 2.63 bits per heavy atom. The van der Waals surface area contributed by atoms with Crippen molar-refractivity contribution in [1.82, 2.24) is 10.2 Å². The Morgan fingerprint density at radius 1 is 1.34 bits per heavy atom. The molecule has 1 aromatic carbocycles. The van der Waals surface area contributed by atoms with Crippen molar-refractivity contribution in [3.05, 3.63) is 66.2 Å².